The van der Waals surface area contributed by atoms with E-state index in [0.717, 1.165) is 12.1 Å². The van der Waals surface area contributed by atoms with E-state index in [0.29, 0.717) is 24.2 Å². The third-order valence-electron chi connectivity index (χ3n) is 2.80. The summed E-state index contributed by atoms with van der Waals surface area (Å²) in [5, 5.41) is 6.96. The molecule has 0 atom stereocenters. The van der Waals surface area contributed by atoms with Gasteiger partial charge in [0.25, 0.3) is 0 Å². The second-order valence-electron chi connectivity index (χ2n) is 5.31. The number of hydrogen-bond acceptors (Lipinski definition) is 5. The monoisotopic (exact) mass is 293 g/mol. The van der Waals surface area contributed by atoms with Crippen molar-refractivity contribution >= 4 is 0 Å². The van der Waals surface area contributed by atoms with Gasteiger partial charge in [-0.1, -0.05) is 25.1 Å². The Hall–Kier alpha value is -1.95. The second kappa shape index (κ2) is 7.17. The Labute approximate surface area is 123 Å². The van der Waals surface area contributed by atoms with Crippen molar-refractivity contribution in [1.29, 1.82) is 0 Å². The van der Waals surface area contributed by atoms with Gasteiger partial charge in [0.1, 0.15) is 0 Å². The summed E-state index contributed by atoms with van der Waals surface area (Å²) < 4.78 is 24.1. The molecule has 2 aromatic rings. The summed E-state index contributed by atoms with van der Waals surface area (Å²) in [6.45, 7) is 7.57. The molecule has 1 aromatic heterocycles. The quantitative estimate of drug-likeness (QED) is 0.850. The molecule has 1 N–H and O–H groups in total. The summed E-state index contributed by atoms with van der Waals surface area (Å²) in [6, 6.07) is 4.94. The first-order valence-electron chi connectivity index (χ1n) is 6.95. The molecule has 0 radical (unpaired) electrons. The van der Waals surface area contributed by atoms with Gasteiger partial charge in [-0.3, -0.25) is 0 Å². The molecule has 0 bridgehead atoms. The molecule has 0 fully saturated rings. The minimum absolute atomic E-state index is 0.0825. The Morgan fingerprint density at radius 2 is 2.19 bits per heavy atom. The molecule has 1 aromatic carbocycles. The number of rotatable bonds is 7. The van der Waals surface area contributed by atoms with Crippen molar-refractivity contribution in [3.05, 3.63) is 41.3 Å². The highest BCUT2D eigenvalue weighted by molar-refractivity contribution is 5.29. The van der Waals surface area contributed by atoms with Crippen molar-refractivity contribution in [3.8, 4) is 5.75 Å². The third kappa shape index (κ3) is 4.82. The number of aryl methyl sites for hydroxylation is 1. The number of nitrogens with zero attached hydrogens (tertiary/aromatic N) is 2. The molecule has 114 valence electrons. The normalized spacial score (nSPS) is 11.1. The Bertz CT molecular complexity index is 584. The smallest absolute Gasteiger partial charge is 0.223 e. The van der Waals surface area contributed by atoms with Crippen LogP contribution in [0.1, 0.15) is 31.1 Å². The van der Waals surface area contributed by atoms with Gasteiger partial charge in [0.05, 0.1) is 0 Å². The standard InChI is InChI=1S/C15H20FN3O2/c1-10(2)7-17-8-12-4-5-14(13(16)6-12)20-9-15-18-11(3)21-19-15/h4-6,10,17H,7-9H2,1-3H3. The maximum atomic E-state index is 13.9. The topological polar surface area (TPSA) is 60.2 Å². The van der Waals surface area contributed by atoms with Crippen molar-refractivity contribution in [2.75, 3.05) is 6.54 Å². The summed E-state index contributed by atoms with van der Waals surface area (Å²) in [7, 11) is 0. The van der Waals surface area contributed by atoms with Crippen LogP contribution in [0.25, 0.3) is 0 Å². The van der Waals surface area contributed by atoms with Crippen molar-refractivity contribution in [1.82, 2.24) is 15.5 Å². The van der Waals surface area contributed by atoms with Gasteiger partial charge in [0, 0.05) is 13.5 Å². The van der Waals surface area contributed by atoms with Crippen molar-refractivity contribution in [2.45, 2.75) is 33.9 Å². The van der Waals surface area contributed by atoms with E-state index in [-0.39, 0.29) is 18.2 Å². The predicted octanol–water partition coefficient (Wildman–Crippen LogP) is 2.84. The zero-order valence-corrected chi connectivity index (χ0v) is 12.5. The number of benzene rings is 1. The van der Waals surface area contributed by atoms with E-state index in [4.69, 9.17) is 9.26 Å². The van der Waals surface area contributed by atoms with E-state index in [1.807, 2.05) is 6.07 Å². The van der Waals surface area contributed by atoms with Crippen LogP contribution < -0.4 is 10.1 Å². The minimum atomic E-state index is -0.390. The summed E-state index contributed by atoms with van der Waals surface area (Å²) in [4.78, 5) is 3.99. The van der Waals surface area contributed by atoms with E-state index < -0.39 is 0 Å². The van der Waals surface area contributed by atoms with Crippen LogP contribution in [0.5, 0.6) is 5.75 Å². The molecule has 0 unspecified atom stereocenters. The van der Waals surface area contributed by atoms with Gasteiger partial charge >= 0.3 is 0 Å². The predicted molar refractivity (Wildman–Crippen MR) is 76.3 cm³/mol. The van der Waals surface area contributed by atoms with Crippen LogP contribution in [0, 0.1) is 18.7 Å². The van der Waals surface area contributed by atoms with Gasteiger partial charge in [-0.25, -0.2) is 4.39 Å². The summed E-state index contributed by atoms with van der Waals surface area (Å²) in [5.74, 6) is 1.22. The van der Waals surface area contributed by atoms with Crippen molar-refractivity contribution in [3.63, 3.8) is 0 Å². The van der Waals surface area contributed by atoms with E-state index in [9.17, 15) is 4.39 Å². The first-order chi connectivity index (χ1) is 10.0. The van der Waals surface area contributed by atoms with Gasteiger partial charge < -0.3 is 14.6 Å². The molecule has 0 saturated heterocycles. The van der Waals surface area contributed by atoms with Gasteiger partial charge in [0.2, 0.25) is 11.7 Å². The number of nitrogens with one attached hydrogen (secondary N) is 1. The average Bonchev–Trinajstić information content (AvgIpc) is 2.83. The van der Waals surface area contributed by atoms with Crippen LogP contribution >= 0.6 is 0 Å². The fraction of sp³-hybridized carbons (Fsp3) is 0.467. The molecule has 0 amide bonds. The third-order valence-corrected chi connectivity index (χ3v) is 2.80. The largest absolute Gasteiger partial charge is 0.482 e. The fourth-order valence-electron chi connectivity index (χ4n) is 1.82. The van der Waals surface area contributed by atoms with Crippen LogP contribution in [-0.2, 0) is 13.2 Å². The first kappa shape index (κ1) is 15.4. The molecule has 5 nitrogen and oxygen atoms in total. The van der Waals surface area contributed by atoms with Gasteiger partial charge in [-0.15, -0.1) is 0 Å². The molecular weight excluding hydrogens is 273 g/mol. The second-order valence-corrected chi connectivity index (χ2v) is 5.31. The summed E-state index contributed by atoms with van der Waals surface area (Å²) in [6.07, 6.45) is 0. The maximum Gasteiger partial charge on any atom is 0.223 e. The molecular formula is C15H20FN3O2. The highest BCUT2D eigenvalue weighted by atomic mass is 19.1. The molecule has 0 aliphatic carbocycles. The minimum Gasteiger partial charge on any atom is -0.482 e. The Kier molecular flexibility index (Phi) is 5.27. The molecule has 2 rings (SSSR count). The Morgan fingerprint density at radius 3 is 2.81 bits per heavy atom. The average molecular weight is 293 g/mol. The highest BCUT2D eigenvalue weighted by Crippen LogP contribution is 2.19. The Morgan fingerprint density at radius 1 is 1.38 bits per heavy atom. The molecule has 6 heteroatoms. The number of hydrogen-bond donors (Lipinski definition) is 1. The zero-order chi connectivity index (χ0) is 15.2. The van der Waals surface area contributed by atoms with Crippen molar-refractivity contribution < 1.29 is 13.7 Å². The van der Waals surface area contributed by atoms with Crippen LogP contribution in [0.4, 0.5) is 4.39 Å². The summed E-state index contributed by atoms with van der Waals surface area (Å²) in [5.41, 5.74) is 0.885. The first-order valence-corrected chi connectivity index (χ1v) is 6.95. The van der Waals surface area contributed by atoms with Crippen LogP contribution in [0.3, 0.4) is 0 Å². The van der Waals surface area contributed by atoms with E-state index in [1.54, 1.807) is 13.0 Å². The zero-order valence-electron chi connectivity index (χ0n) is 12.5. The lowest BCUT2D eigenvalue weighted by Gasteiger charge is -2.09. The van der Waals surface area contributed by atoms with Crippen LogP contribution in [0.15, 0.2) is 22.7 Å². The lowest BCUT2D eigenvalue weighted by atomic mass is 10.2. The number of halogens is 1. The van der Waals surface area contributed by atoms with Gasteiger partial charge in [-0.2, -0.15) is 4.98 Å². The van der Waals surface area contributed by atoms with Crippen molar-refractivity contribution in [2.24, 2.45) is 5.92 Å². The number of ether oxygens (including phenoxy) is 1. The molecule has 1 heterocycles. The highest BCUT2D eigenvalue weighted by Gasteiger charge is 2.08. The lowest BCUT2D eigenvalue weighted by molar-refractivity contribution is 0.272. The molecule has 0 aliphatic rings. The number of aromatic nitrogens is 2. The molecule has 0 spiro atoms. The fourth-order valence-corrected chi connectivity index (χ4v) is 1.82. The lowest BCUT2D eigenvalue weighted by Crippen LogP contribution is -2.19. The van der Waals surface area contributed by atoms with Gasteiger partial charge in [-0.05, 0) is 30.2 Å². The van der Waals surface area contributed by atoms with Gasteiger partial charge in [0.15, 0.2) is 18.2 Å². The van der Waals surface area contributed by atoms with Crippen LogP contribution in [0.2, 0.25) is 0 Å². The molecule has 0 aliphatic heterocycles. The molecule has 21 heavy (non-hydrogen) atoms. The van der Waals surface area contributed by atoms with E-state index in [2.05, 4.69) is 29.3 Å². The van der Waals surface area contributed by atoms with E-state index in [1.165, 1.54) is 6.07 Å². The van der Waals surface area contributed by atoms with E-state index >= 15 is 0 Å². The maximum absolute atomic E-state index is 13.9. The summed E-state index contributed by atoms with van der Waals surface area (Å²) >= 11 is 0. The molecule has 0 saturated carbocycles. The SMILES string of the molecule is Cc1nc(COc2ccc(CNCC(C)C)cc2F)no1. The van der Waals surface area contributed by atoms with Crippen LogP contribution in [-0.4, -0.2) is 16.7 Å². The Balaban J connectivity index is 1.89.